The number of hydrogen-bond donors (Lipinski definition) is 2. The minimum Gasteiger partial charge on any atom is -0.354 e. The van der Waals surface area contributed by atoms with Crippen molar-refractivity contribution in [3.63, 3.8) is 0 Å². The van der Waals surface area contributed by atoms with Gasteiger partial charge < -0.3 is 10.6 Å². The first-order valence-corrected chi connectivity index (χ1v) is 8.32. The Hall–Kier alpha value is -3.48. The molecule has 26 heavy (non-hydrogen) atoms. The van der Waals surface area contributed by atoms with Crippen molar-refractivity contribution in [3.05, 3.63) is 66.6 Å². The Kier molecular flexibility index (Phi) is 4.18. The summed E-state index contributed by atoms with van der Waals surface area (Å²) in [5, 5.41) is 11.6. The van der Waals surface area contributed by atoms with Gasteiger partial charge in [0.05, 0.1) is 17.3 Å². The van der Waals surface area contributed by atoms with Gasteiger partial charge in [0, 0.05) is 12.2 Å². The van der Waals surface area contributed by atoms with Gasteiger partial charge in [-0.1, -0.05) is 18.2 Å². The quantitative estimate of drug-likeness (QED) is 0.568. The molecule has 6 nitrogen and oxygen atoms in total. The molecule has 130 valence electrons. The van der Waals surface area contributed by atoms with E-state index in [0.29, 0.717) is 24.0 Å². The van der Waals surface area contributed by atoms with Gasteiger partial charge in [0.25, 0.3) is 0 Å². The molecule has 4 rings (SSSR count). The molecule has 2 aromatic carbocycles. The third-order valence-corrected chi connectivity index (χ3v) is 3.87. The molecule has 0 aliphatic carbocycles. The zero-order valence-corrected chi connectivity index (χ0v) is 14.1. The molecule has 0 saturated heterocycles. The van der Waals surface area contributed by atoms with Crippen molar-refractivity contribution in [2.24, 2.45) is 0 Å². The normalized spacial score (nSPS) is 10.8. The molecule has 0 unspecified atom stereocenters. The second kappa shape index (κ2) is 6.79. The maximum Gasteiger partial charge on any atom is 0.226 e. The van der Waals surface area contributed by atoms with Crippen LogP contribution in [0.25, 0.3) is 16.7 Å². The topological polar surface area (TPSA) is 67.7 Å². The third-order valence-electron chi connectivity index (χ3n) is 3.87. The molecular weight excluding hydrogens is 331 g/mol. The van der Waals surface area contributed by atoms with Crippen molar-refractivity contribution in [1.29, 1.82) is 0 Å². The highest BCUT2D eigenvalue weighted by atomic mass is 19.1. The Balaban J connectivity index is 1.83. The van der Waals surface area contributed by atoms with Gasteiger partial charge in [-0.3, -0.25) is 0 Å². The summed E-state index contributed by atoms with van der Waals surface area (Å²) in [6.45, 7) is 2.68. The number of hydrogen-bond acceptors (Lipinski definition) is 5. The van der Waals surface area contributed by atoms with E-state index in [4.69, 9.17) is 0 Å². The van der Waals surface area contributed by atoms with Gasteiger partial charge in [0.2, 0.25) is 5.95 Å². The largest absolute Gasteiger partial charge is 0.354 e. The minimum absolute atomic E-state index is 0.284. The number of aromatic nitrogens is 4. The molecule has 0 fully saturated rings. The van der Waals surface area contributed by atoms with Gasteiger partial charge in [-0.2, -0.15) is 15.1 Å². The standard InChI is InChI=1S/C19H17FN6/c1-2-21-19-24-17(23-14-10-8-13(20)9-11-14)16-12-22-26(18(16)25-19)15-6-4-3-5-7-15/h3-12H,2H2,1H3,(H2,21,23,24,25). The van der Waals surface area contributed by atoms with Crippen LogP contribution < -0.4 is 10.6 Å². The molecule has 2 heterocycles. The first-order chi connectivity index (χ1) is 12.7. The van der Waals surface area contributed by atoms with Gasteiger partial charge in [0.1, 0.15) is 11.6 Å². The zero-order chi connectivity index (χ0) is 17.9. The molecule has 0 saturated carbocycles. The summed E-state index contributed by atoms with van der Waals surface area (Å²) < 4.78 is 14.9. The fourth-order valence-electron chi connectivity index (χ4n) is 2.67. The van der Waals surface area contributed by atoms with Crippen LogP contribution in [0.2, 0.25) is 0 Å². The first-order valence-electron chi connectivity index (χ1n) is 8.32. The van der Waals surface area contributed by atoms with E-state index in [1.807, 2.05) is 37.3 Å². The smallest absolute Gasteiger partial charge is 0.226 e. The first kappa shape index (κ1) is 16.0. The highest BCUT2D eigenvalue weighted by Crippen LogP contribution is 2.26. The second-order valence-electron chi connectivity index (χ2n) is 5.69. The van der Waals surface area contributed by atoms with Gasteiger partial charge in [0.15, 0.2) is 5.65 Å². The van der Waals surface area contributed by atoms with Crippen molar-refractivity contribution >= 4 is 28.5 Å². The fourth-order valence-corrected chi connectivity index (χ4v) is 2.67. The molecule has 0 amide bonds. The molecule has 0 radical (unpaired) electrons. The van der Waals surface area contributed by atoms with E-state index in [-0.39, 0.29) is 5.82 Å². The molecule has 0 bridgehead atoms. The molecule has 0 aliphatic heterocycles. The van der Waals surface area contributed by atoms with E-state index in [2.05, 4.69) is 25.7 Å². The average Bonchev–Trinajstić information content (AvgIpc) is 3.09. The van der Waals surface area contributed by atoms with Gasteiger partial charge >= 0.3 is 0 Å². The summed E-state index contributed by atoms with van der Waals surface area (Å²) in [6, 6.07) is 15.9. The number of fused-ring (bicyclic) bond motifs is 1. The fraction of sp³-hybridized carbons (Fsp3) is 0.105. The van der Waals surface area contributed by atoms with Crippen molar-refractivity contribution in [2.75, 3.05) is 17.2 Å². The van der Waals surface area contributed by atoms with Gasteiger partial charge in [-0.05, 0) is 43.3 Å². The number of rotatable bonds is 5. The molecule has 0 aliphatic rings. The minimum atomic E-state index is -0.284. The van der Waals surface area contributed by atoms with Crippen molar-refractivity contribution in [3.8, 4) is 5.69 Å². The number of nitrogens with one attached hydrogen (secondary N) is 2. The van der Waals surface area contributed by atoms with Crippen LogP contribution in [-0.2, 0) is 0 Å². The van der Waals surface area contributed by atoms with E-state index in [1.54, 1.807) is 23.0 Å². The highest BCUT2D eigenvalue weighted by Gasteiger charge is 2.14. The Morgan fingerprint density at radius 2 is 1.77 bits per heavy atom. The van der Waals surface area contributed by atoms with Crippen LogP contribution in [0.4, 0.5) is 21.8 Å². The summed E-state index contributed by atoms with van der Waals surface area (Å²) in [7, 11) is 0. The van der Waals surface area contributed by atoms with Crippen LogP contribution in [0.1, 0.15) is 6.92 Å². The lowest BCUT2D eigenvalue weighted by Crippen LogP contribution is -2.06. The lowest BCUT2D eigenvalue weighted by atomic mass is 10.3. The predicted molar refractivity (Wildman–Crippen MR) is 101 cm³/mol. The second-order valence-corrected chi connectivity index (χ2v) is 5.69. The highest BCUT2D eigenvalue weighted by molar-refractivity contribution is 5.90. The Morgan fingerprint density at radius 1 is 1.00 bits per heavy atom. The predicted octanol–water partition coefficient (Wildman–Crippen LogP) is 4.13. The van der Waals surface area contributed by atoms with Crippen LogP contribution >= 0.6 is 0 Å². The SMILES string of the molecule is CCNc1nc(Nc2ccc(F)cc2)c2cnn(-c3ccccc3)c2n1. The Morgan fingerprint density at radius 3 is 2.50 bits per heavy atom. The molecule has 4 aromatic rings. The number of nitrogens with zero attached hydrogens (tertiary/aromatic N) is 4. The number of halogens is 1. The molecular formula is C19H17FN6. The van der Waals surface area contributed by atoms with E-state index >= 15 is 0 Å². The molecule has 7 heteroatoms. The van der Waals surface area contributed by atoms with Crippen LogP contribution in [0.15, 0.2) is 60.8 Å². The van der Waals surface area contributed by atoms with Crippen LogP contribution in [0.3, 0.4) is 0 Å². The van der Waals surface area contributed by atoms with Gasteiger partial charge in [-0.25, -0.2) is 9.07 Å². The van der Waals surface area contributed by atoms with E-state index in [0.717, 1.165) is 16.8 Å². The monoisotopic (exact) mass is 348 g/mol. The maximum atomic E-state index is 13.2. The van der Waals surface area contributed by atoms with Crippen molar-refractivity contribution in [1.82, 2.24) is 19.7 Å². The van der Waals surface area contributed by atoms with Crippen LogP contribution in [0.5, 0.6) is 0 Å². The molecule has 0 atom stereocenters. The Labute approximate surface area is 149 Å². The molecule has 0 spiro atoms. The van der Waals surface area contributed by atoms with E-state index < -0.39 is 0 Å². The number of para-hydroxylation sites is 1. The molecule has 2 aromatic heterocycles. The Bertz CT molecular complexity index is 1030. The van der Waals surface area contributed by atoms with Crippen LogP contribution in [-0.4, -0.2) is 26.3 Å². The van der Waals surface area contributed by atoms with Crippen molar-refractivity contribution in [2.45, 2.75) is 6.92 Å². The maximum absolute atomic E-state index is 13.2. The summed E-state index contributed by atoms with van der Waals surface area (Å²) in [6.07, 6.45) is 1.73. The van der Waals surface area contributed by atoms with Crippen LogP contribution in [0, 0.1) is 5.82 Å². The summed E-state index contributed by atoms with van der Waals surface area (Å²) >= 11 is 0. The summed E-state index contributed by atoms with van der Waals surface area (Å²) in [5.74, 6) is 0.829. The lowest BCUT2D eigenvalue weighted by molar-refractivity contribution is 0.628. The summed E-state index contributed by atoms with van der Waals surface area (Å²) in [5.41, 5.74) is 2.34. The summed E-state index contributed by atoms with van der Waals surface area (Å²) in [4.78, 5) is 9.13. The zero-order valence-electron chi connectivity index (χ0n) is 14.1. The van der Waals surface area contributed by atoms with Crippen molar-refractivity contribution < 1.29 is 4.39 Å². The number of anilines is 3. The lowest BCUT2D eigenvalue weighted by Gasteiger charge is -2.10. The van der Waals surface area contributed by atoms with E-state index in [1.165, 1.54) is 12.1 Å². The van der Waals surface area contributed by atoms with E-state index in [9.17, 15) is 4.39 Å². The van der Waals surface area contributed by atoms with Gasteiger partial charge in [-0.15, -0.1) is 0 Å². The number of benzene rings is 2. The third kappa shape index (κ3) is 3.06. The molecule has 2 N–H and O–H groups in total. The average molecular weight is 348 g/mol.